The molecule has 1 heterocycles. The summed E-state index contributed by atoms with van der Waals surface area (Å²) in [6.07, 6.45) is 4.03. The molecule has 0 saturated heterocycles. The molecule has 5 nitrogen and oxygen atoms in total. The molecule has 1 saturated carbocycles. The molecule has 1 aliphatic carbocycles. The van der Waals surface area contributed by atoms with Crippen molar-refractivity contribution in [2.75, 3.05) is 11.1 Å². The van der Waals surface area contributed by atoms with Crippen LogP contribution in [0, 0.1) is 12.8 Å². The van der Waals surface area contributed by atoms with Crippen LogP contribution in [-0.2, 0) is 4.79 Å². The zero-order valence-corrected chi connectivity index (χ0v) is 13.9. The van der Waals surface area contributed by atoms with E-state index in [0.29, 0.717) is 0 Å². The number of anilines is 1. The van der Waals surface area contributed by atoms with Crippen molar-refractivity contribution in [1.82, 2.24) is 0 Å². The minimum atomic E-state index is -0.431. The summed E-state index contributed by atoms with van der Waals surface area (Å²) in [4.78, 5) is 31.8. The van der Waals surface area contributed by atoms with Crippen LogP contribution in [0.25, 0.3) is 0 Å². The molecule has 120 valence electrons. The highest BCUT2D eigenvalue weighted by molar-refractivity contribution is 8.14. The van der Waals surface area contributed by atoms with Crippen LogP contribution >= 0.6 is 11.8 Å². The van der Waals surface area contributed by atoms with Gasteiger partial charge >= 0.3 is 6.03 Å². The van der Waals surface area contributed by atoms with Crippen LogP contribution in [0.15, 0.2) is 34.3 Å². The Hall–Kier alpha value is -1.95. The first-order valence-corrected chi connectivity index (χ1v) is 8.80. The van der Waals surface area contributed by atoms with Gasteiger partial charge in [-0.2, -0.15) is 4.99 Å². The number of nitrogens with zero attached hydrogens (tertiary/aromatic N) is 2. The summed E-state index contributed by atoms with van der Waals surface area (Å²) in [7, 11) is 0. The molecule has 1 unspecified atom stereocenters. The van der Waals surface area contributed by atoms with Crippen LogP contribution in [0.4, 0.5) is 10.5 Å². The molecule has 2 aliphatic rings. The lowest BCUT2D eigenvalue weighted by Crippen LogP contribution is -2.31. The summed E-state index contributed by atoms with van der Waals surface area (Å²) in [6.45, 7) is 1.98. The number of benzene rings is 1. The Labute approximate surface area is 139 Å². The fourth-order valence-electron chi connectivity index (χ4n) is 2.91. The molecular weight excluding hydrogens is 310 g/mol. The Kier molecular flexibility index (Phi) is 4.91. The zero-order valence-electron chi connectivity index (χ0n) is 13.0. The molecule has 0 radical (unpaired) electrons. The van der Waals surface area contributed by atoms with E-state index in [0.717, 1.165) is 47.7 Å². The number of aryl methyl sites for hydroxylation is 1. The lowest BCUT2D eigenvalue weighted by Gasteiger charge is -2.26. The number of rotatable bonds is 3. The van der Waals surface area contributed by atoms with Gasteiger partial charge in [-0.15, -0.1) is 0 Å². The maximum atomic E-state index is 12.1. The highest BCUT2D eigenvalue weighted by Crippen LogP contribution is 2.30. The largest absolute Gasteiger partial charge is 0.367 e. The van der Waals surface area contributed by atoms with Gasteiger partial charge in [0.25, 0.3) is 0 Å². The fraction of sp³-hybridized carbons (Fsp3) is 0.412. The minimum Gasteiger partial charge on any atom is -0.325 e. The summed E-state index contributed by atoms with van der Waals surface area (Å²) < 4.78 is 0. The van der Waals surface area contributed by atoms with E-state index in [4.69, 9.17) is 0 Å². The monoisotopic (exact) mass is 329 g/mol. The van der Waals surface area contributed by atoms with Gasteiger partial charge in [0.05, 0.1) is 10.8 Å². The summed E-state index contributed by atoms with van der Waals surface area (Å²) in [5, 5.41) is 3.62. The van der Waals surface area contributed by atoms with E-state index in [9.17, 15) is 9.59 Å². The van der Waals surface area contributed by atoms with Gasteiger partial charge in [-0.1, -0.05) is 30.3 Å². The summed E-state index contributed by atoms with van der Waals surface area (Å²) >= 11 is 1.35. The SMILES string of the molecule is Cc1cccc(NC(=O)CSC2=NC(=O)N=C3CCCCC32)c1. The van der Waals surface area contributed by atoms with E-state index in [-0.39, 0.29) is 17.6 Å². The minimum absolute atomic E-state index is 0.0874. The number of fused-ring (bicyclic) bond motifs is 1. The Balaban J connectivity index is 1.59. The Morgan fingerprint density at radius 1 is 1.35 bits per heavy atom. The predicted molar refractivity (Wildman–Crippen MR) is 94.5 cm³/mol. The maximum Gasteiger partial charge on any atom is 0.367 e. The van der Waals surface area contributed by atoms with Crippen LogP contribution in [0.5, 0.6) is 0 Å². The van der Waals surface area contributed by atoms with Crippen molar-refractivity contribution in [3.05, 3.63) is 29.8 Å². The lowest BCUT2D eigenvalue weighted by molar-refractivity contribution is -0.113. The highest BCUT2D eigenvalue weighted by Gasteiger charge is 2.30. The van der Waals surface area contributed by atoms with Crippen LogP contribution < -0.4 is 5.32 Å². The second-order valence-corrected chi connectivity index (χ2v) is 6.84. The number of carbonyl (C=O) groups is 2. The molecule has 3 amide bonds. The van der Waals surface area contributed by atoms with Crippen molar-refractivity contribution in [2.24, 2.45) is 15.9 Å². The van der Waals surface area contributed by atoms with E-state index in [2.05, 4.69) is 15.3 Å². The van der Waals surface area contributed by atoms with Gasteiger partial charge in [0.1, 0.15) is 0 Å². The van der Waals surface area contributed by atoms with Gasteiger partial charge in [0.2, 0.25) is 5.91 Å². The molecule has 1 aromatic carbocycles. The average molecular weight is 329 g/mol. The predicted octanol–water partition coefficient (Wildman–Crippen LogP) is 3.83. The van der Waals surface area contributed by atoms with E-state index >= 15 is 0 Å². The average Bonchev–Trinajstić information content (AvgIpc) is 2.52. The third kappa shape index (κ3) is 4.07. The summed E-state index contributed by atoms with van der Waals surface area (Å²) in [5.74, 6) is 0.304. The van der Waals surface area contributed by atoms with Gasteiger partial charge in [-0.3, -0.25) is 4.79 Å². The second-order valence-electron chi connectivity index (χ2n) is 5.84. The third-order valence-corrected chi connectivity index (χ3v) is 5.05. The molecule has 3 rings (SSSR count). The molecule has 0 bridgehead atoms. The molecular formula is C17H19N3O2S. The van der Waals surface area contributed by atoms with Crippen molar-refractivity contribution in [1.29, 1.82) is 0 Å². The molecule has 1 atom stereocenters. The molecule has 0 spiro atoms. The first kappa shape index (κ1) is 15.9. The van der Waals surface area contributed by atoms with E-state index in [1.807, 2.05) is 31.2 Å². The molecule has 1 aromatic rings. The Morgan fingerprint density at radius 2 is 2.22 bits per heavy atom. The van der Waals surface area contributed by atoms with Crippen molar-refractivity contribution in [3.8, 4) is 0 Å². The normalized spacial score (nSPS) is 20.4. The Bertz CT molecular complexity index is 697. The van der Waals surface area contributed by atoms with Crippen molar-refractivity contribution < 1.29 is 9.59 Å². The van der Waals surface area contributed by atoms with Crippen LogP contribution in [0.3, 0.4) is 0 Å². The van der Waals surface area contributed by atoms with E-state index in [1.54, 1.807) is 0 Å². The van der Waals surface area contributed by atoms with Crippen LogP contribution in [0.1, 0.15) is 31.2 Å². The first-order valence-electron chi connectivity index (χ1n) is 7.81. The molecule has 1 aliphatic heterocycles. The van der Waals surface area contributed by atoms with Gasteiger partial charge in [-0.05, 0) is 43.9 Å². The molecule has 6 heteroatoms. The van der Waals surface area contributed by atoms with Gasteiger partial charge in [0, 0.05) is 17.3 Å². The molecule has 0 aromatic heterocycles. The smallest absolute Gasteiger partial charge is 0.325 e. The number of urea groups is 1. The fourth-order valence-corrected chi connectivity index (χ4v) is 3.86. The van der Waals surface area contributed by atoms with Crippen molar-refractivity contribution in [3.63, 3.8) is 0 Å². The second kappa shape index (κ2) is 7.08. The van der Waals surface area contributed by atoms with E-state index in [1.165, 1.54) is 11.8 Å². The van der Waals surface area contributed by atoms with Crippen LogP contribution in [-0.4, -0.2) is 28.4 Å². The molecule has 1 N–H and O–H groups in total. The number of amides is 3. The number of thioether (sulfide) groups is 1. The van der Waals surface area contributed by atoms with Gasteiger partial charge in [0.15, 0.2) is 0 Å². The number of nitrogens with one attached hydrogen (secondary N) is 1. The lowest BCUT2D eigenvalue weighted by atomic mass is 9.87. The van der Waals surface area contributed by atoms with Crippen molar-refractivity contribution >= 4 is 40.1 Å². The first-order chi connectivity index (χ1) is 11.1. The zero-order chi connectivity index (χ0) is 16.2. The Morgan fingerprint density at radius 3 is 3.04 bits per heavy atom. The van der Waals surface area contributed by atoms with E-state index < -0.39 is 6.03 Å². The molecule has 23 heavy (non-hydrogen) atoms. The molecule has 1 fully saturated rings. The maximum absolute atomic E-state index is 12.1. The summed E-state index contributed by atoms with van der Waals surface area (Å²) in [6, 6.07) is 7.25. The quantitative estimate of drug-likeness (QED) is 0.916. The van der Waals surface area contributed by atoms with Crippen LogP contribution in [0.2, 0.25) is 0 Å². The number of hydrogen-bond donors (Lipinski definition) is 1. The number of aliphatic imine (C=N–C) groups is 2. The van der Waals surface area contributed by atoms with Gasteiger partial charge in [-0.25, -0.2) is 9.79 Å². The third-order valence-electron chi connectivity index (χ3n) is 3.97. The standard InChI is InChI=1S/C17H19N3O2S/c1-11-5-4-6-12(9-11)18-15(21)10-23-16-13-7-2-3-8-14(13)19-17(22)20-16/h4-6,9,13H,2-3,7-8,10H2,1H3,(H,18,21). The summed E-state index contributed by atoms with van der Waals surface area (Å²) in [5.41, 5.74) is 2.83. The number of hydrogen-bond acceptors (Lipinski definition) is 3. The topological polar surface area (TPSA) is 70.9 Å². The highest BCUT2D eigenvalue weighted by atomic mass is 32.2. The van der Waals surface area contributed by atoms with Gasteiger partial charge < -0.3 is 5.32 Å². The number of carbonyl (C=O) groups excluding carboxylic acids is 2. The van der Waals surface area contributed by atoms with Crippen molar-refractivity contribution in [2.45, 2.75) is 32.6 Å².